The summed E-state index contributed by atoms with van der Waals surface area (Å²) in [5, 5.41) is 9.07. The Bertz CT molecular complexity index is 667. The highest BCUT2D eigenvalue weighted by atomic mass is 35.5. The molecule has 0 spiro atoms. The van der Waals surface area contributed by atoms with Gasteiger partial charge in [-0.25, -0.2) is 8.42 Å². The molecule has 21 heavy (non-hydrogen) atoms. The third-order valence-corrected chi connectivity index (χ3v) is 7.19. The summed E-state index contributed by atoms with van der Waals surface area (Å²) < 4.78 is 25.8. The molecule has 0 aromatic heterocycles. The minimum absolute atomic E-state index is 0.0404. The van der Waals surface area contributed by atoms with Crippen molar-refractivity contribution in [3.05, 3.63) is 28.2 Å². The van der Waals surface area contributed by atoms with E-state index in [1.165, 1.54) is 12.1 Å². The van der Waals surface area contributed by atoms with Crippen LogP contribution in [-0.2, 0) is 9.84 Å². The molecule has 3 unspecified atom stereocenters. The van der Waals surface area contributed by atoms with Crippen molar-refractivity contribution >= 4 is 33.0 Å². The summed E-state index contributed by atoms with van der Waals surface area (Å²) >= 11 is 11.9. The standard InChI is InChI=1S/C15H17Cl2NO2S/c1-2-10-3-4-11(9-18)14(7-10)21(19,20)15-8-12(16)5-6-13(15)17/h5-6,8,10-11,14H,2-4,7H2,1H3. The van der Waals surface area contributed by atoms with Crippen LogP contribution in [0.2, 0.25) is 10.0 Å². The normalized spacial score (nSPS) is 26.3. The number of benzene rings is 1. The largest absolute Gasteiger partial charge is 0.223 e. The zero-order valence-corrected chi connectivity index (χ0v) is 14.0. The molecular formula is C15H17Cl2NO2S. The van der Waals surface area contributed by atoms with Crippen molar-refractivity contribution in [3.8, 4) is 6.07 Å². The van der Waals surface area contributed by atoms with Gasteiger partial charge >= 0.3 is 0 Å². The molecule has 0 bridgehead atoms. The van der Waals surface area contributed by atoms with Crippen LogP contribution in [0.1, 0.15) is 32.6 Å². The van der Waals surface area contributed by atoms with Gasteiger partial charge in [0.15, 0.2) is 9.84 Å². The third kappa shape index (κ3) is 3.36. The Morgan fingerprint density at radius 2 is 2.05 bits per heavy atom. The first kappa shape index (κ1) is 16.6. The van der Waals surface area contributed by atoms with Gasteiger partial charge in [-0.15, -0.1) is 0 Å². The number of halogens is 2. The maximum absolute atomic E-state index is 12.9. The molecule has 0 amide bonds. The van der Waals surface area contributed by atoms with Crippen molar-refractivity contribution in [2.24, 2.45) is 11.8 Å². The number of rotatable bonds is 3. The van der Waals surface area contributed by atoms with Crippen molar-refractivity contribution in [1.29, 1.82) is 5.26 Å². The Balaban J connectivity index is 2.45. The molecule has 2 rings (SSSR count). The quantitative estimate of drug-likeness (QED) is 0.810. The van der Waals surface area contributed by atoms with E-state index < -0.39 is 21.0 Å². The number of nitrogens with zero attached hydrogens (tertiary/aromatic N) is 1. The van der Waals surface area contributed by atoms with Gasteiger partial charge in [-0.3, -0.25) is 0 Å². The highest BCUT2D eigenvalue weighted by Gasteiger charge is 2.40. The zero-order valence-electron chi connectivity index (χ0n) is 11.7. The Labute approximate surface area is 135 Å². The molecule has 0 saturated heterocycles. The second kappa shape index (κ2) is 6.56. The molecule has 3 atom stereocenters. The van der Waals surface area contributed by atoms with Crippen LogP contribution in [0.15, 0.2) is 23.1 Å². The van der Waals surface area contributed by atoms with Crippen molar-refractivity contribution in [2.45, 2.75) is 42.8 Å². The van der Waals surface area contributed by atoms with Crippen LogP contribution in [0.5, 0.6) is 0 Å². The van der Waals surface area contributed by atoms with Crippen LogP contribution in [0, 0.1) is 23.2 Å². The third-order valence-electron chi connectivity index (χ3n) is 4.24. The molecular weight excluding hydrogens is 329 g/mol. The Kier molecular flexibility index (Phi) is 5.19. The number of hydrogen-bond donors (Lipinski definition) is 0. The van der Waals surface area contributed by atoms with Crippen LogP contribution < -0.4 is 0 Å². The van der Waals surface area contributed by atoms with Crippen LogP contribution in [0.25, 0.3) is 0 Å². The zero-order chi connectivity index (χ0) is 15.6. The van der Waals surface area contributed by atoms with E-state index in [4.69, 9.17) is 23.2 Å². The maximum Gasteiger partial charge on any atom is 0.184 e. The molecule has 1 aliphatic carbocycles. The SMILES string of the molecule is CCC1CCC(C#N)C(S(=O)(=O)c2cc(Cl)ccc2Cl)C1. The minimum Gasteiger partial charge on any atom is -0.223 e. The highest BCUT2D eigenvalue weighted by molar-refractivity contribution is 7.92. The smallest absolute Gasteiger partial charge is 0.184 e. The van der Waals surface area contributed by atoms with Crippen molar-refractivity contribution in [1.82, 2.24) is 0 Å². The summed E-state index contributed by atoms with van der Waals surface area (Å²) in [7, 11) is -3.66. The van der Waals surface area contributed by atoms with E-state index in [1.54, 1.807) is 6.07 Å². The fourth-order valence-electron chi connectivity index (χ4n) is 2.93. The van der Waals surface area contributed by atoms with Gasteiger partial charge in [-0.05, 0) is 43.4 Å². The van der Waals surface area contributed by atoms with Crippen molar-refractivity contribution < 1.29 is 8.42 Å². The minimum atomic E-state index is -3.66. The van der Waals surface area contributed by atoms with Crippen LogP contribution >= 0.6 is 23.2 Å². The average molecular weight is 346 g/mol. The van der Waals surface area contributed by atoms with Crippen LogP contribution in [0.3, 0.4) is 0 Å². The van der Waals surface area contributed by atoms with Crippen LogP contribution in [-0.4, -0.2) is 13.7 Å². The molecule has 6 heteroatoms. The van der Waals surface area contributed by atoms with E-state index in [1.807, 2.05) is 6.92 Å². The first-order chi connectivity index (χ1) is 9.90. The number of sulfone groups is 1. The molecule has 1 fully saturated rings. The number of nitriles is 1. The molecule has 1 aliphatic rings. The molecule has 1 saturated carbocycles. The lowest BCUT2D eigenvalue weighted by atomic mass is 9.81. The molecule has 1 aromatic rings. The molecule has 3 nitrogen and oxygen atoms in total. The predicted octanol–water partition coefficient (Wildman–Crippen LogP) is 4.49. The summed E-state index contributed by atoms with van der Waals surface area (Å²) in [6.07, 6.45) is 2.97. The number of hydrogen-bond acceptors (Lipinski definition) is 3. The van der Waals surface area contributed by atoms with Crippen molar-refractivity contribution in [3.63, 3.8) is 0 Å². The van der Waals surface area contributed by atoms with Gasteiger partial charge in [0.1, 0.15) is 0 Å². The molecule has 0 N–H and O–H groups in total. The molecule has 0 radical (unpaired) electrons. The first-order valence-electron chi connectivity index (χ1n) is 6.98. The summed E-state index contributed by atoms with van der Waals surface area (Å²) in [4.78, 5) is 0.0404. The Morgan fingerprint density at radius 1 is 1.33 bits per heavy atom. The lowest BCUT2D eigenvalue weighted by molar-refractivity contribution is 0.308. The lowest BCUT2D eigenvalue weighted by Crippen LogP contribution is -2.35. The van der Waals surface area contributed by atoms with Gasteiger partial charge in [0, 0.05) is 5.02 Å². The maximum atomic E-state index is 12.9. The molecule has 114 valence electrons. The fourth-order valence-corrected chi connectivity index (χ4v) is 5.72. The van der Waals surface area contributed by atoms with Gasteiger partial charge in [-0.1, -0.05) is 36.5 Å². The Morgan fingerprint density at radius 3 is 2.67 bits per heavy atom. The first-order valence-corrected chi connectivity index (χ1v) is 9.29. The van der Waals surface area contributed by atoms with E-state index in [-0.39, 0.29) is 9.92 Å². The van der Waals surface area contributed by atoms with Gasteiger partial charge in [0.25, 0.3) is 0 Å². The summed E-state index contributed by atoms with van der Waals surface area (Å²) in [6.45, 7) is 2.05. The lowest BCUT2D eigenvalue weighted by Gasteiger charge is -2.32. The molecule has 0 heterocycles. The Hall–Kier alpha value is -0.760. The van der Waals surface area contributed by atoms with Gasteiger partial charge in [0.05, 0.1) is 27.2 Å². The second-order valence-electron chi connectivity index (χ2n) is 5.48. The van der Waals surface area contributed by atoms with E-state index in [9.17, 15) is 13.7 Å². The molecule has 0 aliphatic heterocycles. The van der Waals surface area contributed by atoms with Gasteiger partial charge in [0.2, 0.25) is 0 Å². The van der Waals surface area contributed by atoms with Crippen molar-refractivity contribution in [2.75, 3.05) is 0 Å². The van der Waals surface area contributed by atoms with E-state index in [0.29, 0.717) is 23.8 Å². The van der Waals surface area contributed by atoms with E-state index in [2.05, 4.69) is 6.07 Å². The monoisotopic (exact) mass is 345 g/mol. The topological polar surface area (TPSA) is 57.9 Å². The predicted molar refractivity (Wildman–Crippen MR) is 84.2 cm³/mol. The summed E-state index contributed by atoms with van der Waals surface area (Å²) in [6, 6.07) is 6.57. The van der Waals surface area contributed by atoms with E-state index in [0.717, 1.165) is 12.8 Å². The van der Waals surface area contributed by atoms with Gasteiger partial charge < -0.3 is 0 Å². The van der Waals surface area contributed by atoms with Gasteiger partial charge in [-0.2, -0.15) is 5.26 Å². The summed E-state index contributed by atoms with van der Waals surface area (Å²) in [5.74, 6) is -0.139. The average Bonchev–Trinajstić information content (AvgIpc) is 2.48. The molecule has 1 aromatic carbocycles. The highest BCUT2D eigenvalue weighted by Crippen LogP contribution is 2.39. The van der Waals surface area contributed by atoms with E-state index >= 15 is 0 Å². The summed E-state index contributed by atoms with van der Waals surface area (Å²) in [5.41, 5.74) is 0. The van der Waals surface area contributed by atoms with Crippen LogP contribution in [0.4, 0.5) is 0 Å². The second-order valence-corrected chi connectivity index (χ2v) is 8.46. The fraction of sp³-hybridized carbons (Fsp3) is 0.533.